The topological polar surface area (TPSA) is 38.8 Å². The summed E-state index contributed by atoms with van der Waals surface area (Å²) in [6.45, 7) is 2.14. The van der Waals surface area contributed by atoms with Gasteiger partial charge in [0.15, 0.2) is 0 Å². The van der Waals surface area contributed by atoms with Crippen molar-refractivity contribution < 1.29 is 14.3 Å². The van der Waals surface area contributed by atoms with Crippen LogP contribution >= 0.6 is 0 Å². The first-order valence-corrected chi connectivity index (χ1v) is 12.2. The van der Waals surface area contributed by atoms with Gasteiger partial charge in [-0.2, -0.15) is 0 Å². The Morgan fingerprint density at radius 2 is 1.62 bits per heavy atom. The number of hydrogen-bond acceptors (Lipinski definition) is 3. The van der Waals surface area contributed by atoms with Crippen LogP contribution in [0.3, 0.4) is 0 Å². The molecule has 0 N–H and O–H groups in total. The Balaban J connectivity index is 1.19. The Kier molecular flexibility index (Phi) is 5.26. The number of piperidine rings is 1. The molecular weight excluding hydrogens is 398 g/mol. The summed E-state index contributed by atoms with van der Waals surface area (Å²) in [5.74, 6) is 0.751. The van der Waals surface area contributed by atoms with Crippen molar-refractivity contribution in [1.82, 2.24) is 4.90 Å². The molecule has 3 aliphatic heterocycles. The molecule has 2 bridgehead atoms. The van der Waals surface area contributed by atoms with E-state index in [1.807, 2.05) is 0 Å². The number of benzene rings is 2. The van der Waals surface area contributed by atoms with E-state index in [4.69, 9.17) is 9.47 Å². The standard InChI is InChI=1S/C28H31NO3/c30-28(29-21-6-5-7-22(29)17-20(16-21)19-12-14-31-15-13-19)32-18-27-25-10-3-1-8-23(25)24-9-2-4-11-26(24)27/h1-4,8-11,16,19,21-22,27H,5-7,12-15,17-18H2. The van der Waals surface area contributed by atoms with Gasteiger partial charge in [-0.25, -0.2) is 4.79 Å². The molecule has 2 aromatic rings. The third kappa shape index (κ3) is 3.45. The predicted octanol–water partition coefficient (Wildman–Crippen LogP) is 5.92. The predicted molar refractivity (Wildman–Crippen MR) is 125 cm³/mol. The van der Waals surface area contributed by atoms with Gasteiger partial charge < -0.3 is 9.47 Å². The van der Waals surface area contributed by atoms with Gasteiger partial charge in [-0.15, -0.1) is 0 Å². The van der Waals surface area contributed by atoms with E-state index in [1.54, 1.807) is 5.57 Å². The van der Waals surface area contributed by atoms with Gasteiger partial charge in [0.1, 0.15) is 6.61 Å². The molecule has 1 aliphatic carbocycles. The molecule has 32 heavy (non-hydrogen) atoms. The highest BCUT2D eigenvalue weighted by Crippen LogP contribution is 2.45. The second-order valence-electron chi connectivity index (χ2n) is 9.70. The second kappa shape index (κ2) is 8.40. The number of rotatable bonds is 3. The number of nitrogens with zero attached hydrogens (tertiary/aromatic N) is 1. The summed E-state index contributed by atoms with van der Waals surface area (Å²) in [7, 11) is 0. The Morgan fingerprint density at radius 3 is 2.31 bits per heavy atom. The van der Waals surface area contributed by atoms with Gasteiger partial charge in [-0.05, 0) is 66.7 Å². The van der Waals surface area contributed by atoms with Gasteiger partial charge in [0.2, 0.25) is 0 Å². The van der Waals surface area contributed by atoms with E-state index in [0.29, 0.717) is 12.5 Å². The summed E-state index contributed by atoms with van der Waals surface area (Å²) in [5.41, 5.74) is 6.63. The monoisotopic (exact) mass is 429 g/mol. The van der Waals surface area contributed by atoms with Crippen LogP contribution in [0.4, 0.5) is 4.79 Å². The first-order chi connectivity index (χ1) is 15.8. The third-order valence-corrected chi connectivity index (χ3v) is 7.96. The molecule has 4 nitrogen and oxygen atoms in total. The van der Waals surface area contributed by atoms with Crippen LogP contribution in [0.1, 0.15) is 55.6 Å². The lowest BCUT2D eigenvalue weighted by atomic mass is 9.78. The first-order valence-electron chi connectivity index (χ1n) is 12.2. The zero-order valence-corrected chi connectivity index (χ0v) is 18.5. The van der Waals surface area contributed by atoms with Gasteiger partial charge in [0.05, 0.1) is 6.04 Å². The van der Waals surface area contributed by atoms with Gasteiger partial charge in [-0.1, -0.05) is 60.2 Å². The summed E-state index contributed by atoms with van der Waals surface area (Å²) in [6.07, 6.45) is 8.84. The van der Waals surface area contributed by atoms with Crippen LogP contribution in [-0.2, 0) is 9.47 Å². The number of hydrogen-bond donors (Lipinski definition) is 0. The zero-order chi connectivity index (χ0) is 21.5. The van der Waals surface area contributed by atoms with Crippen LogP contribution in [0.5, 0.6) is 0 Å². The smallest absolute Gasteiger partial charge is 0.410 e. The Hall–Kier alpha value is -2.59. The van der Waals surface area contributed by atoms with Crippen LogP contribution in [-0.4, -0.2) is 42.9 Å². The molecule has 4 aliphatic rings. The largest absolute Gasteiger partial charge is 0.448 e. The maximum absolute atomic E-state index is 13.3. The molecule has 2 aromatic carbocycles. The molecule has 3 heterocycles. The van der Waals surface area contributed by atoms with Crippen molar-refractivity contribution >= 4 is 6.09 Å². The van der Waals surface area contributed by atoms with E-state index in [9.17, 15) is 4.79 Å². The number of carbonyl (C=O) groups excluding carboxylic acids is 1. The average Bonchev–Trinajstić information content (AvgIpc) is 3.16. The maximum atomic E-state index is 13.3. The number of amides is 1. The molecule has 1 amide bonds. The molecule has 0 spiro atoms. The quantitative estimate of drug-likeness (QED) is 0.569. The van der Waals surface area contributed by atoms with Crippen LogP contribution < -0.4 is 0 Å². The molecule has 2 saturated heterocycles. The van der Waals surface area contributed by atoms with Gasteiger partial charge in [0.25, 0.3) is 0 Å². The Morgan fingerprint density at radius 1 is 0.938 bits per heavy atom. The molecule has 4 heteroatoms. The minimum absolute atomic E-state index is 0.115. The van der Waals surface area contributed by atoms with Crippen molar-refractivity contribution in [2.75, 3.05) is 19.8 Å². The third-order valence-electron chi connectivity index (χ3n) is 7.96. The normalized spacial score (nSPS) is 25.1. The number of carbonyl (C=O) groups is 1. The van der Waals surface area contributed by atoms with Crippen molar-refractivity contribution in [2.45, 2.75) is 56.5 Å². The van der Waals surface area contributed by atoms with Crippen LogP contribution in [0.2, 0.25) is 0 Å². The zero-order valence-electron chi connectivity index (χ0n) is 18.5. The van der Waals surface area contributed by atoms with Crippen molar-refractivity contribution in [1.29, 1.82) is 0 Å². The Bertz CT molecular complexity index is 993. The van der Waals surface area contributed by atoms with E-state index in [-0.39, 0.29) is 24.1 Å². The fourth-order valence-corrected chi connectivity index (χ4v) is 6.39. The van der Waals surface area contributed by atoms with Crippen molar-refractivity contribution in [3.05, 3.63) is 71.3 Å². The minimum Gasteiger partial charge on any atom is -0.448 e. The van der Waals surface area contributed by atoms with Crippen molar-refractivity contribution in [3.63, 3.8) is 0 Å². The lowest BCUT2D eigenvalue weighted by molar-refractivity contribution is 0.0438. The van der Waals surface area contributed by atoms with E-state index in [0.717, 1.165) is 45.3 Å². The molecule has 6 rings (SSSR count). The summed E-state index contributed by atoms with van der Waals surface area (Å²) < 4.78 is 11.6. The molecule has 2 atom stereocenters. The number of fused-ring (bicyclic) bond motifs is 5. The van der Waals surface area contributed by atoms with Crippen LogP contribution in [0.15, 0.2) is 60.2 Å². The van der Waals surface area contributed by atoms with E-state index in [1.165, 1.54) is 28.7 Å². The maximum Gasteiger partial charge on any atom is 0.410 e. The lowest BCUT2D eigenvalue weighted by Crippen LogP contribution is -2.52. The average molecular weight is 430 g/mol. The molecule has 0 aromatic heterocycles. The highest BCUT2D eigenvalue weighted by Gasteiger charge is 2.40. The van der Waals surface area contributed by atoms with Gasteiger partial charge in [0, 0.05) is 25.2 Å². The summed E-state index contributed by atoms with van der Waals surface area (Å²) >= 11 is 0. The van der Waals surface area contributed by atoms with Gasteiger partial charge >= 0.3 is 6.09 Å². The SMILES string of the molecule is O=C(OCC1c2ccccc2-c2ccccc21)N1C2C=C(C3CCOCC3)CC1CCC2. The van der Waals surface area contributed by atoms with Crippen molar-refractivity contribution in [2.24, 2.45) is 5.92 Å². The highest BCUT2D eigenvalue weighted by atomic mass is 16.6. The van der Waals surface area contributed by atoms with Crippen molar-refractivity contribution in [3.8, 4) is 11.1 Å². The summed E-state index contributed by atoms with van der Waals surface area (Å²) in [4.78, 5) is 15.4. The van der Waals surface area contributed by atoms with E-state index in [2.05, 4.69) is 59.5 Å². The Labute approximate surface area is 190 Å². The van der Waals surface area contributed by atoms with Crippen LogP contribution in [0, 0.1) is 5.92 Å². The lowest BCUT2D eigenvalue weighted by Gasteiger charge is -2.45. The highest BCUT2D eigenvalue weighted by molar-refractivity contribution is 5.79. The fraction of sp³-hybridized carbons (Fsp3) is 0.464. The van der Waals surface area contributed by atoms with E-state index >= 15 is 0 Å². The molecule has 0 saturated carbocycles. The first kappa shape index (κ1) is 20.0. The van der Waals surface area contributed by atoms with E-state index < -0.39 is 0 Å². The molecule has 2 fully saturated rings. The second-order valence-corrected chi connectivity index (χ2v) is 9.70. The van der Waals surface area contributed by atoms with Gasteiger partial charge in [-0.3, -0.25) is 4.90 Å². The molecule has 2 unspecified atom stereocenters. The fourth-order valence-electron chi connectivity index (χ4n) is 6.39. The summed E-state index contributed by atoms with van der Waals surface area (Å²) in [5, 5.41) is 0. The summed E-state index contributed by atoms with van der Waals surface area (Å²) in [6, 6.07) is 17.5. The molecule has 166 valence electrons. The molecular formula is C28H31NO3. The minimum atomic E-state index is -0.135. The number of ether oxygens (including phenoxy) is 2. The van der Waals surface area contributed by atoms with Crippen LogP contribution in [0.25, 0.3) is 11.1 Å². The molecule has 0 radical (unpaired) electrons.